The predicted molar refractivity (Wildman–Crippen MR) is 235 cm³/mol. The Bertz CT molecular complexity index is 1090. The molecule has 0 aliphatic carbocycles. The van der Waals surface area contributed by atoms with Crippen LogP contribution in [-0.2, 0) is 32.7 Å². The molecule has 0 aliphatic rings. The summed E-state index contributed by atoms with van der Waals surface area (Å²) in [6, 6.07) is -1.47. The number of hydrogen-bond donors (Lipinski definition) is 3. The number of nitrogens with two attached hydrogens (primary N) is 1. The van der Waals surface area contributed by atoms with Crippen LogP contribution in [0.15, 0.2) is 48.6 Å². The molecule has 0 fully saturated rings. The molecule has 0 saturated carbocycles. The van der Waals surface area contributed by atoms with Crippen LogP contribution < -0.4 is 5.73 Å². The van der Waals surface area contributed by atoms with Crippen molar-refractivity contribution in [1.29, 1.82) is 0 Å². The average Bonchev–Trinajstić information content (AvgIpc) is 3.19. The monoisotopic (exact) mass is 826 g/mol. The first kappa shape index (κ1) is 54.9. The number of aliphatic carboxylic acids is 1. The van der Waals surface area contributed by atoms with Gasteiger partial charge in [-0.2, -0.15) is 0 Å². The molecule has 3 unspecified atom stereocenters. The summed E-state index contributed by atoms with van der Waals surface area (Å²) < 4.78 is 33.4. The molecule has 0 aliphatic heterocycles. The first-order valence-electron chi connectivity index (χ1n) is 22.7. The number of carbonyl (C=O) groups is 2. The van der Waals surface area contributed by atoms with Gasteiger partial charge >= 0.3 is 19.8 Å². The predicted octanol–water partition coefficient (Wildman–Crippen LogP) is 12.6. The molecule has 0 aromatic heterocycles. The lowest BCUT2D eigenvalue weighted by molar-refractivity contribution is -0.154. The number of carboxylic acids is 1. The minimum Gasteiger partial charge on any atom is -0.480 e. The SMILES string of the molecule is CC/C=C\C/C=C\C/C=C\C/C=C\CCCCCCCCCCCCC(=O)OC(COCCCCCCCCCCCCCC)COP(=O)(O)OCC(N)C(=O)O. The van der Waals surface area contributed by atoms with Gasteiger partial charge in [-0.1, -0.05) is 184 Å². The number of phosphoric acid groups is 1. The van der Waals surface area contributed by atoms with Gasteiger partial charge < -0.3 is 25.2 Å². The fourth-order valence-electron chi connectivity index (χ4n) is 6.12. The summed E-state index contributed by atoms with van der Waals surface area (Å²) in [6.07, 6.45) is 48.7. The molecular formula is C46H84NO9P. The summed E-state index contributed by atoms with van der Waals surface area (Å²) in [5.41, 5.74) is 5.36. The maximum Gasteiger partial charge on any atom is 0.472 e. The molecule has 57 heavy (non-hydrogen) atoms. The summed E-state index contributed by atoms with van der Waals surface area (Å²) in [7, 11) is -4.62. The molecule has 3 atom stereocenters. The zero-order valence-corrected chi connectivity index (χ0v) is 37.1. The summed E-state index contributed by atoms with van der Waals surface area (Å²) in [5.74, 6) is -1.78. The van der Waals surface area contributed by atoms with E-state index < -0.39 is 45.1 Å². The van der Waals surface area contributed by atoms with Crippen LogP contribution in [-0.4, -0.2) is 60.5 Å². The van der Waals surface area contributed by atoms with Crippen molar-refractivity contribution in [2.45, 2.75) is 206 Å². The van der Waals surface area contributed by atoms with Gasteiger partial charge in [-0.3, -0.25) is 18.6 Å². The molecule has 332 valence electrons. The van der Waals surface area contributed by atoms with Crippen molar-refractivity contribution >= 4 is 19.8 Å². The molecule has 0 aromatic carbocycles. The highest BCUT2D eigenvalue weighted by molar-refractivity contribution is 7.47. The lowest BCUT2D eigenvalue weighted by Gasteiger charge is -2.20. The van der Waals surface area contributed by atoms with Crippen molar-refractivity contribution in [1.82, 2.24) is 0 Å². The van der Waals surface area contributed by atoms with E-state index in [1.807, 2.05) is 0 Å². The van der Waals surface area contributed by atoms with Crippen molar-refractivity contribution < 1.29 is 42.7 Å². The Morgan fingerprint density at radius 3 is 1.53 bits per heavy atom. The fraction of sp³-hybridized carbons (Fsp3) is 0.783. The van der Waals surface area contributed by atoms with Gasteiger partial charge in [0.25, 0.3) is 0 Å². The second-order valence-electron chi connectivity index (χ2n) is 15.2. The van der Waals surface area contributed by atoms with Gasteiger partial charge in [-0.05, 0) is 51.4 Å². The van der Waals surface area contributed by atoms with Crippen molar-refractivity contribution in [3.8, 4) is 0 Å². The summed E-state index contributed by atoms with van der Waals surface area (Å²) in [6.45, 7) is 3.77. The number of phosphoric ester groups is 1. The highest BCUT2D eigenvalue weighted by Gasteiger charge is 2.27. The zero-order chi connectivity index (χ0) is 41.9. The van der Waals surface area contributed by atoms with E-state index in [1.165, 1.54) is 96.3 Å². The van der Waals surface area contributed by atoms with Gasteiger partial charge in [0.1, 0.15) is 12.1 Å². The number of hydrogen-bond acceptors (Lipinski definition) is 8. The highest BCUT2D eigenvalue weighted by atomic mass is 31.2. The largest absolute Gasteiger partial charge is 0.480 e. The molecule has 0 amide bonds. The van der Waals surface area contributed by atoms with Crippen LogP contribution in [0.25, 0.3) is 0 Å². The normalized spacial score (nSPS) is 14.3. The van der Waals surface area contributed by atoms with Crippen LogP contribution in [0.1, 0.15) is 194 Å². The topological polar surface area (TPSA) is 155 Å². The maximum atomic E-state index is 12.6. The minimum atomic E-state index is -4.62. The molecular weight excluding hydrogens is 741 g/mol. The Balaban J connectivity index is 4.15. The smallest absolute Gasteiger partial charge is 0.472 e. The van der Waals surface area contributed by atoms with Crippen LogP contribution in [0.3, 0.4) is 0 Å². The van der Waals surface area contributed by atoms with Gasteiger partial charge in [0, 0.05) is 13.0 Å². The van der Waals surface area contributed by atoms with E-state index in [1.54, 1.807) is 0 Å². The number of carboxylic acid groups (broad SMARTS) is 1. The maximum absolute atomic E-state index is 12.6. The first-order valence-corrected chi connectivity index (χ1v) is 24.2. The summed E-state index contributed by atoms with van der Waals surface area (Å²) in [5, 5.41) is 8.90. The van der Waals surface area contributed by atoms with Crippen molar-refractivity contribution in [2.24, 2.45) is 5.73 Å². The molecule has 0 saturated heterocycles. The van der Waals surface area contributed by atoms with Crippen LogP contribution >= 0.6 is 7.82 Å². The van der Waals surface area contributed by atoms with E-state index >= 15 is 0 Å². The minimum absolute atomic E-state index is 0.0167. The molecule has 11 heteroatoms. The Kier molecular flexibility index (Phi) is 40.5. The van der Waals surface area contributed by atoms with Gasteiger partial charge in [0.2, 0.25) is 0 Å². The number of ether oxygens (including phenoxy) is 2. The number of esters is 1. The molecule has 0 bridgehead atoms. The van der Waals surface area contributed by atoms with Gasteiger partial charge in [-0.25, -0.2) is 4.57 Å². The molecule has 0 spiro atoms. The quantitative estimate of drug-likeness (QED) is 0.0234. The van der Waals surface area contributed by atoms with Gasteiger partial charge in [-0.15, -0.1) is 0 Å². The fourth-order valence-corrected chi connectivity index (χ4v) is 6.90. The lowest BCUT2D eigenvalue weighted by Crippen LogP contribution is -2.34. The molecule has 0 rings (SSSR count). The molecule has 0 heterocycles. The Morgan fingerprint density at radius 1 is 0.579 bits per heavy atom. The number of rotatable bonds is 43. The molecule has 0 aromatic rings. The number of unbranched alkanes of at least 4 members (excludes halogenated alkanes) is 21. The van der Waals surface area contributed by atoms with E-state index in [0.29, 0.717) is 13.0 Å². The Hall–Kier alpha value is -2.07. The first-order chi connectivity index (χ1) is 27.7. The third-order valence-electron chi connectivity index (χ3n) is 9.62. The van der Waals surface area contributed by atoms with Gasteiger partial charge in [0.05, 0.1) is 19.8 Å². The van der Waals surface area contributed by atoms with Crippen molar-refractivity contribution in [3.63, 3.8) is 0 Å². The Morgan fingerprint density at radius 2 is 1.02 bits per heavy atom. The third kappa shape index (κ3) is 41.9. The van der Waals surface area contributed by atoms with E-state index in [2.05, 4.69) is 62.5 Å². The second-order valence-corrected chi connectivity index (χ2v) is 16.6. The number of allylic oxidation sites excluding steroid dienone is 8. The third-order valence-corrected chi connectivity index (χ3v) is 10.6. The summed E-state index contributed by atoms with van der Waals surface area (Å²) in [4.78, 5) is 33.5. The van der Waals surface area contributed by atoms with E-state index in [9.17, 15) is 19.0 Å². The van der Waals surface area contributed by atoms with Gasteiger partial charge in [0.15, 0.2) is 0 Å². The average molecular weight is 826 g/mol. The standard InChI is InChI=1S/C46H84NO9P/c1-3-5-7-9-11-13-15-17-18-19-20-21-22-23-24-25-26-27-28-30-32-34-36-38-45(48)56-43(41-54-57(51,52)55-42-44(47)46(49)50)40-53-39-37-35-33-31-29-16-14-12-10-8-6-4-2/h5,7,11,13,17-18,20-21,43-44H,3-4,6,8-10,12,14-16,19,22-42,47H2,1-2H3,(H,49,50)(H,51,52)/b7-5-,13-11-,18-17-,21-20-. The van der Waals surface area contributed by atoms with Crippen LogP contribution in [0.4, 0.5) is 0 Å². The second kappa shape index (κ2) is 42.1. The molecule has 10 nitrogen and oxygen atoms in total. The highest BCUT2D eigenvalue weighted by Crippen LogP contribution is 2.43. The molecule has 0 radical (unpaired) electrons. The van der Waals surface area contributed by atoms with E-state index in [0.717, 1.165) is 70.6 Å². The van der Waals surface area contributed by atoms with Crippen molar-refractivity contribution in [3.05, 3.63) is 48.6 Å². The Labute approximate surface area is 348 Å². The van der Waals surface area contributed by atoms with E-state index in [-0.39, 0.29) is 13.0 Å². The van der Waals surface area contributed by atoms with Crippen molar-refractivity contribution in [2.75, 3.05) is 26.4 Å². The van der Waals surface area contributed by atoms with E-state index in [4.69, 9.17) is 29.4 Å². The number of carbonyl (C=O) groups excluding carboxylic acids is 1. The van der Waals surface area contributed by atoms with Crippen LogP contribution in [0, 0.1) is 0 Å². The van der Waals surface area contributed by atoms with Crippen LogP contribution in [0.2, 0.25) is 0 Å². The lowest BCUT2D eigenvalue weighted by atomic mass is 10.0. The summed E-state index contributed by atoms with van der Waals surface area (Å²) >= 11 is 0. The molecule has 4 N–H and O–H groups in total. The van der Waals surface area contributed by atoms with Crippen LogP contribution in [0.5, 0.6) is 0 Å². The zero-order valence-electron chi connectivity index (χ0n) is 36.2.